The van der Waals surface area contributed by atoms with E-state index in [0.717, 1.165) is 11.1 Å². The summed E-state index contributed by atoms with van der Waals surface area (Å²) in [7, 11) is 0. The molecule has 2 heterocycles. The lowest BCUT2D eigenvalue weighted by Gasteiger charge is -2.01. The lowest BCUT2D eigenvalue weighted by atomic mass is 10.1. The minimum absolute atomic E-state index is 0.0927. The molecule has 64 valence electrons. The molecule has 0 saturated heterocycles. The van der Waals surface area contributed by atoms with E-state index in [2.05, 4.69) is 0 Å². The van der Waals surface area contributed by atoms with Crippen molar-refractivity contribution in [3.63, 3.8) is 0 Å². The molecule has 1 unspecified atom stereocenters. The molecule has 0 fully saturated rings. The quantitative estimate of drug-likeness (QED) is 0.586. The molecule has 0 bridgehead atoms. The van der Waals surface area contributed by atoms with Crippen LogP contribution in [0.1, 0.15) is 5.56 Å². The predicted octanol–water partition coefficient (Wildman–Crippen LogP) is 2.06. The van der Waals surface area contributed by atoms with Crippen molar-refractivity contribution in [2.75, 3.05) is 0 Å². The van der Waals surface area contributed by atoms with Crippen molar-refractivity contribution < 1.29 is 9.53 Å². The van der Waals surface area contributed by atoms with Crippen LogP contribution in [0, 0.1) is 0 Å². The number of carbonyl (C=O) groups is 1. The Morgan fingerprint density at radius 1 is 1.31 bits per heavy atom. The van der Waals surface area contributed by atoms with Gasteiger partial charge in [-0.05, 0) is 11.6 Å². The second kappa shape index (κ2) is 2.39. The molecule has 13 heavy (non-hydrogen) atoms. The second-order valence-corrected chi connectivity index (χ2v) is 4.09. The molecule has 0 aliphatic carbocycles. The van der Waals surface area contributed by atoms with E-state index in [-0.39, 0.29) is 11.4 Å². The minimum atomic E-state index is -0.220. The van der Waals surface area contributed by atoms with Crippen LogP contribution in [-0.4, -0.2) is 11.4 Å². The van der Waals surface area contributed by atoms with Crippen molar-refractivity contribution in [1.29, 1.82) is 0 Å². The molecule has 1 aromatic carbocycles. The Bertz CT molecular complexity index is 423. The third-order valence-corrected chi connectivity index (χ3v) is 3.36. The summed E-state index contributed by atoms with van der Waals surface area (Å²) in [5.74, 6) is -0.220. The maximum absolute atomic E-state index is 11.0. The molecular formula is C10H6O2S. The van der Waals surface area contributed by atoms with Crippen molar-refractivity contribution in [3.8, 4) is 0 Å². The first-order valence-corrected chi connectivity index (χ1v) is 4.91. The normalized spacial score (nSPS) is 23.5. The van der Waals surface area contributed by atoms with Gasteiger partial charge in [0.05, 0.1) is 0 Å². The summed E-state index contributed by atoms with van der Waals surface area (Å²) in [4.78, 5) is 12.2. The van der Waals surface area contributed by atoms with Gasteiger partial charge in [0.15, 0.2) is 5.44 Å². The molecule has 0 aromatic heterocycles. The first-order chi connectivity index (χ1) is 6.34. The van der Waals surface area contributed by atoms with Crippen molar-refractivity contribution in [2.24, 2.45) is 0 Å². The Balaban J connectivity index is 2.19. The molecule has 0 spiro atoms. The van der Waals surface area contributed by atoms with Gasteiger partial charge in [-0.1, -0.05) is 30.0 Å². The van der Waals surface area contributed by atoms with Crippen molar-refractivity contribution in [2.45, 2.75) is 10.3 Å². The van der Waals surface area contributed by atoms with Crippen LogP contribution in [0.15, 0.2) is 35.2 Å². The van der Waals surface area contributed by atoms with Gasteiger partial charge in [0.2, 0.25) is 0 Å². The lowest BCUT2D eigenvalue weighted by Crippen LogP contribution is -2.01. The summed E-state index contributed by atoms with van der Waals surface area (Å²) < 4.78 is 5.10. The van der Waals surface area contributed by atoms with Gasteiger partial charge in [0.25, 0.3) is 0 Å². The third-order valence-electron chi connectivity index (χ3n) is 2.18. The van der Waals surface area contributed by atoms with Gasteiger partial charge >= 0.3 is 5.97 Å². The first-order valence-electron chi connectivity index (χ1n) is 4.03. The van der Waals surface area contributed by atoms with Crippen molar-refractivity contribution in [1.82, 2.24) is 0 Å². The van der Waals surface area contributed by atoms with Gasteiger partial charge in [-0.25, -0.2) is 4.79 Å². The van der Waals surface area contributed by atoms with Crippen LogP contribution >= 0.6 is 11.8 Å². The van der Waals surface area contributed by atoms with Crippen LogP contribution in [0.5, 0.6) is 0 Å². The fourth-order valence-corrected chi connectivity index (χ4v) is 2.78. The zero-order chi connectivity index (χ0) is 8.84. The van der Waals surface area contributed by atoms with E-state index < -0.39 is 0 Å². The van der Waals surface area contributed by atoms with Gasteiger partial charge in [-0.3, -0.25) is 0 Å². The summed E-state index contributed by atoms with van der Waals surface area (Å²) >= 11 is 1.60. The van der Waals surface area contributed by atoms with Crippen LogP contribution in [0.25, 0.3) is 5.57 Å². The Morgan fingerprint density at radius 3 is 3.08 bits per heavy atom. The highest BCUT2D eigenvalue weighted by molar-refractivity contribution is 8.00. The SMILES string of the molecule is O=C1C=C2c3ccccc3SC2O1. The van der Waals surface area contributed by atoms with E-state index in [1.54, 1.807) is 17.8 Å². The number of hydrogen-bond acceptors (Lipinski definition) is 3. The predicted molar refractivity (Wildman–Crippen MR) is 50.2 cm³/mol. The lowest BCUT2D eigenvalue weighted by molar-refractivity contribution is -0.135. The van der Waals surface area contributed by atoms with Crippen LogP contribution in [0.3, 0.4) is 0 Å². The van der Waals surface area contributed by atoms with E-state index >= 15 is 0 Å². The number of thioether (sulfide) groups is 1. The molecule has 0 radical (unpaired) electrons. The van der Waals surface area contributed by atoms with Gasteiger partial charge in [0.1, 0.15) is 0 Å². The van der Waals surface area contributed by atoms with Gasteiger partial charge in [0, 0.05) is 16.5 Å². The van der Waals surface area contributed by atoms with Crippen molar-refractivity contribution in [3.05, 3.63) is 35.9 Å². The molecule has 1 atom stereocenters. The first kappa shape index (κ1) is 7.21. The van der Waals surface area contributed by atoms with Gasteiger partial charge in [-0.2, -0.15) is 0 Å². The summed E-state index contributed by atoms with van der Waals surface area (Å²) in [5.41, 5.74) is 2.07. The number of ether oxygens (including phenoxy) is 1. The highest BCUT2D eigenvalue weighted by Gasteiger charge is 2.35. The smallest absolute Gasteiger partial charge is 0.332 e. The average molecular weight is 190 g/mol. The molecule has 3 rings (SSSR count). The molecule has 3 heteroatoms. The Labute approximate surface area is 79.6 Å². The standard InChI is InChI=1S/C10H6O2S/c11-9-5-7-6-3-1-2-4-8(6)13-10(7)12-9/h1-5,10H. The highest BCUT2D eigenvalue weighted by Crippen LogP contribution is 2.47. The van der Waals surface area contributed by atoms with E-state index in [1.807, 2.05) is 24.3 Å². The fourth-order valence-electron chi connectivity index (χ4n) is 1.61. The number of benzene rings is 1. The van der Waals surface area contributed by atoms with Crippen molar-refractivity contribution >= 4 is 23.3 Å². The van der Waals surface area contributed by atoms with E-state index in [0.29, 0.717) is 0 Å². The van der Waals surface area contributed by atoms with Crippen LogP contribution < -0.4 is 0 Å². The molecule has 1 aromatic rings. The molecule has 0 saturated carbocycles. The monoisotopic (exact) mass is 190 g/mol. The maximum atomic E-state index is 11.0. The largest absolute Gasteiger partial charge is 0.443 e. The molecule has 2 aliphatic rings. The summed E-state index contributed by atoms with van der Waals surface area (Å²) in [6, 6.07) is 8.05. The minimum Gasteiger partial charge on any atom is -0.443 e. The van der Waals surface area contributed by atoms with E-state index in [9.17, 15) is 4.79 Å². The summed E-state index contributed by atoms with van der Waals surface area (Å²) in [6.07, 6.45) is 1.59. The maximum Gasteiger partial charge on any atom is 0.332 e. The van der Waals surface area contributed by atoms with E-state index in [4.69, 9.17) is 4.74 Å². The summed E-state index contributed by atoms with van der Waals surface area (Å²) in [5, 5.41) is 0. The number of esters is 1. The molecule has 0 amide bonds. The number of rotatable bonds is 0. The zero-order valence-electron chi connectivity index (χ0n) is 6.69. The number of fused-ring (bicyclic) bond motifs is 3. The molecule has 2 aliphatic heterocycles. The van der Waals surface area contributed by atoms with Crippen LogP contribution in [0.4, 0.5) is 0 Å². The summed E-state index contributed by atoms with van der Waals surface area (Å²) in [6.45, 7) is 0. The molecule has 0 N–H and O–H groups in total. The second-order valence-electron chi connectivity index (χ2n) is 2.98. The molecular weight excluding hydrogens is 184 g/mol. The van der Waals surface area contributed by atoms with Crippen LogP contribution in [0.2, 0.25) is 0 Å². The fraction of sp³-hybridized carbons (Fsp3) is 0.100. The molecule has 2 nitrogen and oxygen atoms in total. The van der Waals surface area contributed by atoms with Crippen LogP contribution in [-0.2, 0) is 9.53 Å². The Kier molecular flexibility index (Phi) is 1.32. The van der Waals surface area contributed by atoms with E-state index in [1.165, 1.54) is 4.90 Å². The Hall–Kier alpha value is -1.22. The number of hydrogen-bond donors (Lipinski definition) is 0. The third kappa shape index (κ3) is 0.937. The van der Waals surface area contributed by atoms with Gasteiger partial charge < -0.3 is 4.74 Å². The van der Waals surface area contributed by atoms with Gasteiger partial charge in [-0.15, -0.1) is 0 Å². The topological polar surface area (TPSA) is 26.3 Å². The zero-order valence-corrected chi connectivity index (χ0v) is 7.51. The Morgan fingerprint density at radius 2 is 2.15 bits per heavy atom. The number of carbonyl (C=O) groups excluding carboxylic acids is 1. The average Bonchev–Trinajstić information content (AvgIpc) is 2.60. The highest BCUT2D eigenvalue weighted by atomic mass is 32.2.